The lowest BCUT2D eigenvalue weighted by Crippen LogP contribution is -2.11. The fourth-order valence-electron chi connectivity index (χ4n) is 2.84. The Bertz CT molecular complexity index is 643. The summed E-state index contributed by atoms with van der Waals surface area (Å²) >= 11 is 0. The van der Waals surface area contributed by atoms with Gasteiger partial charge in [0.25, 0.3) is 5.91 Å². The zero-order valence-corrected chi connectivity index (χ0v) is 13.1. The summed E-state index contributed by atoms with van der Waals surface area (Å²) in [7, 11) is 1.80. The predicted octanol–water partition coefficient (Wildman–Crippen LogP) is 3.34. The normalized spacial score (nSPS) is 12.6. The molecule has 21 heavy (non-hydrogen) atoms. The van der Waals surface area contributed by atoms with Crippen molar-refractivity contribution in [2.75, 3.05) is 0 Å². The van der Waals surface area contributed by atoms with E-state index in [4.69, 9.17) is 5.73 Å². The summed E-state index contributed by atoms with van der Waals surface area (Å²) < 4.78 is 1.64. The molecule has 0 radical (unpaired) electrons. The average molecular weight is 285 g/mol. The Hall–Kier alpha value is -2.10. The third kappa shape index (κ3) is 3.32. The van der Waals surface area contributed by atoms with Gasteiger partial charge in [0.15, 0.2) is 0 Å². The van der Waals surface area contributed by atoms with Gasteiger partial charge >= 0.3 is 0 Å². The van der Waals surface area contributed by atoms with Gasteiger partial charge in [-0.05, 0) is 23.8 Å². The van der Waals surface area contributed by atoms with Gasteiger partial charge in [-0.2, -0.15) is 5.10 Å². The van der Waals surface area contributed by atoms with Crippen LogP contribution in [0.3, 0.4) is 0 Å². The van der Waals surface area contributed by atoms with Crippen molar-refractivity contribution in [1.29, 1.82) is 0 Å². The van der Waals surface area contributed by atoms with Crippen LogP contribution in [0.2, 0.25) is 0 Å². The quantitative estimate of drug-likeness (QED) is 0.916. The third-order valence-electron chi connectivity index (χ3n) is 3.67. The van der Waals surface area contributed by atoms with E-state index >= 15 is 0 Å². The minimum absolute atomic E-state index is 0.406. The van der Waals surface area contributed by atoms with Gasteiger partial charge in [0, 0.05) is 18.8 Å². The van der Waals surface area contributed by atoms with Crippen LogP contribution in [-0.4, -0.2) is 15.7 Å². The highest BCUT2D eigenvalue weighted by Gasteiger charge is 2.19. The van der Waals surface area contributed by atoms with Crippen molar-refractivity contribution in [2.24, 2.45) is 18.7 Å². The van der Waals surface area contributed by atoms with E-state index in [1.54, 1.807) is 17.9 Å². The monoisotopic (exact) mass is 285 g/mol. The minimum atomic E-state index is -0.440. The number of nitrogens with two attached hydrogens (primary N) is 1. The van der Waals surface area contributed by atoms with Crippen molar-refractivity contribution in [3.8, 4) is 11.3 Å². The molecule has 1 unspecified atom stereocenters. The molecule has 1 aromatic heterocycles. The molecule has 1 heterocycles. The van der Waals surface area contributed by atoms with Gasteiger partial charge in [-0.1, -0.05) is 45.0 Å². The lowest BCUT2D eigenvalue weighted by Gasteiger charge is -2.17. The lowest BCUT2D eigenvalue weighted by atomic mass is 9.87. The summed E-state index contributed by atoms with van der Waals surface area (Å²) in [4.78, 5) is 11.6. The second-order valence-corrected chi connectivity index (χ2v) is 6.05. The van der Waals surface area contributed by atoms with Crippen molar-refractivity contribution in [2.45, 2.75) is 33.1 Å². The SMILES string of the molecule is CC(C)CC(C)c1ccccc1-c1nn(C)cc1C(N)=O. The first kappa shape index (κ1) is 15.3. The molecule has 0 saturated carbocycles. The van der Waals surface area contributed by atoms with Crippen LogP contribution in [0.25, 0.3) is 11.3 Å². The van der Waals surface area contributed by atoms with Crippen LogP contribution >= 0.6 is 0 Å². The van der Waals surface area contributed by atoms with Gasteiger partial charge in [-0.25, -0.2) is 0 Å². The van der Waals surface area contributed by atoms with Crippen molar-refractivity contribution in [1.82, 2.24) is 9.78 Å². The topological polar surface area (TPSA) is 60.9 Å². The van der Waals surface area contributed by atoms with Crippen LogP contribution < -0.4 is 5.73 Å². The minimum Gasteiger partial charge on any atom is -0.365 e. The molecule has 2 aromatic rings. The van der Waals surface area contributed by atoms with Crippen LogP contribution in [0.1, 0.15) is 49.0 Å². The first-order chi connectivity index (χ1) is 9.90. The maximum atomic E-state index is 11.6. The first-order valence-corrected chi connectivity index (χ1v) is 7.33. The summed E-state index contributed by atoms with van der Waals surface area (Å²) in [5.74, 6) is 0.584. The molecule has 1 amide bonds. The number of amides is 1. The molecular formula is C17H23N3O. The molecule has 2 N–H and O–H groups in total. The molecule has 4 heteroatoms. The molecule has 112 valence electrons. The first-order valence-electron chi connectivity index (χ1n) is 7.33. The number of benzene rings is 1. The van der Waals surface area contributed by atoms with E-state index < -0.39 is 5.91 Å². The fourth-order valence-corrected chi connectivity index (χ4v) is 2.84. The molecule has 2 rings (SSSR count). The Morgan fingerprint density at radius 1 is 1.29 bits per heavy atom. The highest BCUT2D eigenvalue weighted by atomic mass is 16.1. The molecule has 0 fully saturated rings. The molecule has 0 aliphatic carbocycles. The number of hydrogen-bond donors (Lipinski definition) is 1. The van der Waals surface area contributed by atoms with Crippen LogP contribution in [0.5, 0.6) is 0 Å². The van der Waals surface area contributed by atoms with Gasteiger partial charge in [-0.3, -0.25) is 9.48 Å². The molecular weight excluding hydrogens is 262 g/mol. The summed E-state index contributed by atoms with van der Waals surface area (Å²) in [6.07, 6.45) is 2.78. The molecule has 0 bridgehead atoms. The number of aryl methyl sites for hydroxylation is 1. The summed E-state index contributed by atoms with van der Waals surface area (Å²) in [5, 5.41) is 4.44. The standard InChI is InChI=1S/C17H23N3O/c1-11(2)9-12(3)13-7-5-6-8-14(13)16-15(17(18)21)10-20(4)19-16/h5-8,10-12H,9H2,1-4H3,(H2,18,21). The number of carbonyl (C=O) groups excluding carboxylic acids is 1. The summed E-state index contributed by atoms with van der Waals surface area (Å²) in [6, 6.07) is 8.13. The Labute approximate surface area is 126 Å². The predicted molar refractivity (Wildman–Crippen MR) is 85.0 cm³/mol. The van der Waals surface area contributed by atoms with Crippen LogP contribution in [0, 0.1) is 5.92 Å². The van der Waals surface area contributed by atoms with E-state index in [1.165, 1.54) is 5.56 Å². The zero-order chi connectivity index (χ0) is 15.6. The maximum Gasteiger partial charge on any atom is 0.252 e. The Kier molecular flexibility index (Phi) is 4.46. The summed E-state index contributed by atoms with van der Waals surface area (Å²) in [6.45, 7) is 6.65. The van der Waals surface area contributed by atoms with Crippen molar-refractivity contribution in [3.05, 3.63) is 41.6 Å². The summed E-state index contributed by atoms with van der Waals surface area (Å²) in [5.41, 5.74) is 8.85. The third-order valence-corrected chi connectivity index (χ3v) is 3.67. The van der Waals surface area contributed by atoms with Gasteiger partial charge in [0.2, 0.25) is 0 Å². The Balaban J connectivity index is 2.52. The molecule has 1 aromatic carbocycles. The number of primary amides is 1. The zero-order valence-electron chi connectivity index (χ0n) is 13.1. The largest absolute Gasteiger partial charge is 0.365 e. The van der Waals surface area contributed by atoms with Crippen LogP contribution in [0.4, 0.5) is 0 Å². The van der Waals surface area contributed by atoms with E-state index in [0.29, 0.717) is 23.1 Å². The fraction of sp³-hybridized carbons (Fsp3) is 0.412. The number of rotatable bonds is 5. The average Bonchev–Trinajstić information content (AvgIpc) is 2.80. The number of carbonyl (C=O) groups is 1. The van der Waals surface area contributed by atoms with Crippen LogP contribution in [-0.2, 0) is 7.05 Å². The van der Waals surface area contributed by atoms with E-state index in [2.05, 4.69) is 31.9 Å². The smallest absolute Gasteiger partial charge is 0.252 e. The molecule has 0 aliphatic rings. The van der Waals surface area contributed by atoms with E-state index in [0.717, 1.165) is 12.0 Å². The van der Waals surface area contributed by atoms with Gasteiger partial charge in [-0.15, -0.1) is 0 Å². The molecule has 0 spiro atoms. The highest BCUT2D eigenvalue weighted by molar-refractivity contribution is 5.99. The van der Waals surface area contributed by atoms with Crippen LogP contribution in [0.15, 0.2) is 30.5 Å². The maximum absolute atomic E-state index is 11.6. The highest BCUT2D eigenvalue weighted by Crippen LogP contribution is 2.33. The van der Waals surface area contributed by atoms with Gasteiger partial charge in [0.05, 0.1) is 5.56 Å². The molecule has 0 saturated heterocycles. The second kappa shape index (κ2) is 6.12. The van der Waals surface area contributed by atoms with Crippen molar-refractivity contribution < 1.29 is 4.79 Å². The van der Waals surface area contributed by atoms with E-state index in [-0.39, 0.29) is 0 Å². The van der Waals surface area contributed by atoms with E-state index in [9.17, 15) is 4.79 Å². The molecule has 1 atom stereocenters. The Morgan fingerprint density at radius 3 is 2.57 bits per heavy atom. The molecule has 4 nitrogen and oxygen atoms in total. The van der Waals surface area contributed by atoms with Gasteiger partial charge < -0.3 is 5.73 Å². The number of nitrogens with zero attached hydrogens (tertiary/aromatic N) is 2. The van der Waals surface area contributed by atoms with Crippen molar-refractivity contribution >= 4 is 5.91 Å². The second-order valence-electron chi connectivity index (χ2n) is 6.05. The lowest BCUT2D eigenvalue weighted by molar-refractivity contribution is 0.100. The van der Waals surface area contributed by atoms with E-state index in [1.807, 2.05) is 18.2 Å². The van der Waals surface area contributed by atoms with Crippen molar-refractivity contribution in [3.63, 3.8) is 0 Å². The Morgan fingerprint density at radius 2 is 1.95 bits per heavy atom. The molecule has 0 aliphatic heterocycles. The van der Waals surface area contributed by atoms with Gasteiger partial charge in [0.1, 0.15) is 5.69 Å². The number of aromatic nitrogens is 2. The number of hydrogen-bond acceptors (Lipinski definition) is 2.